The zero-order chi connectivity index (χ0) is 30.1. The summed E-state index contributed by atoms with van der Waals surface area (Å²) in [5.41, 5.74) is 1.09. The number of hydrogen-bond donors (Lipinski definition) is 2. The van der Waals surface area contributed by atoms with E-state index in [4.69, 9.17) is 23.3 Å². The van der Waals surface area contributed by atoms with Crippen LogP contribution < -0.4 is 10.9 Å². The first-order chi connectivity index (χ1) is 20.9. The number of hydrogen-bond acceptors (Lipinski definition) is 10. The van der Waals surface area contributed by atoms with E-state index in [1.165, 1.54) is 6.33 Å². The molecule has 0 radical (unpaired) electrons. The summed E-state index contributed by atoms with van der Waals surface area (Å²) in [6.45, 7) is 7.17. The third-order valence-corrected chi connectivity index (χ3v) is 9.88. The van der Waals surface area contributed by atoms with Crippen molar-refractivity contribution < 1.29 is 28.1 Å². The van der Waals surface area contributed by atoms with Crippen molar-refractivity contribution in [2.24, 2.45) is 5.92 Å². The number of methoxy groups -OCH3 is 1. The minimum absolute atomic E-state index is 0.0440. The highest BCUT2D eigenvalue weighted by Gasteiger charge is 2.53. The molecule has 3 fully saturated rings. The molecule has 232 valence electrons. The molecule has 1 amide bonds. The number of aromatic amines is 1. The van der Waals surface area contributed by atoms with E-state index < -0.39 is 32.5 Å². The number of ether oxygens (including phenoxy) is 3. The smallest absolute Gasteiger partial charge is 0.280 e. The summed E-state index contributed by atoms with van der Waals surface area (Å²) in [6, 6.07) is 10.6. The zero-order valence-corrected chi connectivity index (χ0v) is 25.7. The van der Waals surface area contributed by atoms with Crippen molar-refractivity contribution in [2.45, 2.75) is 76.7 Å². The van der Waals surface area contributed by atoms with Crippen LogP contribution in [0.1, 0.15) is 57.9 Å². The molecule has 2 aromatic heterocycles. The molecular weight excluding hydrogens is 575 g/mol. The maximum absolute atomic E-state index is 12.9. The molecule has 3 aromatic rings. The van der Waals surface area contributed by atoms with Gasteiger partial charge in [0.25, 0.3) is 14.1 Å². The van der Waals surface area contributed by atoms with Crippen molar-refractivity contribution in [3.63, 3.8) is 0 Å². The Kier molecular flexibility index (Phi) is 9.20. The van der Waals surface area contributed by atoms with Gasteiger partial charge >= 0.3 is 0 Å². The Morgan fingerprint density at radius 2 is 2.05 bits per heavy atom. The Bertz CT molecular complexity index is 1470. The van der Waals surface area contributed by atoms with Gasteiger partial charge in [-0.1, -0.05) is 51.1 Å². The van der Waals surface area contributed by atoms with Gasteiger partial charge in [0.2, 0.25) is 11.9 Å². The number of aromatic nitrogens is 4. The minimum Gasteiger partial charge on any atom is -0.382 e. The number of benzene rings is 1. The summed E-state index contributed by atoms with van der Waals surface area (Å²) in [4.78, 5) is 36.7. The second-order valence-corrected chi connectivity index (χ2v) is 12.7. The van der Waals surface area contributed by atoms with Crippen LogP contribution in [0, 0.1) is 5.92 Å². The summed E-state index contributed by atoms with van der Waals surface area (Å²) in [5, 5.41) is 2.67. The second-order valence-electron chi connectivity index (χ2n) is 11.3. The van der Waals surface area contributed by atoms with Gasteiger partial charge in [-0.15, -0.1) is 0 Å². The lowest BCUT2D eigenvalue weighted by Gasteiger charge is -2.29. The first-order valence-electron chi connectivity index (χ1n) is 14.9. The Morgan fingerprint density at radius 1 is 1.23 bits per heavy atom. The molecule has 3 aliphatic heterocycles. The summed E-state index contributed by atoms with van der Waals surface area (Å²) in [6.07, 6.45) is 2.20. The lowest BCUT2D eigenvalue weighted by molar-refractivity contribution is -0.118. The van der Waals surface area contributed by atoms with Crippen molar-refractivity contribution in [1.29, 1.82) is 0 Å². The molecule has 0 saturated carbocycles. The average Bonchev–Trinajstić information content (AvgIpc) is 3.78. The average molecular weight is 615 g/mol. The van der Waals surface area contributed by atoms with Crippen molar-refractivity contribution in [1.82, 2.24) is 24.2 Å². The molecule has 6 rings (SSSR count). The molecule has 2 unspecified atom stereocenters. The molecule has 3 saturated heterocycles. The summed E-state index contributed by atoms with van der Waals surface area (Å²) in [7, 11) is 0.244. The molecule has 0 spiro atoms. The highest BCUT2D eigenvalue weighted by atomic mass is 31.2. The first kappa shape index (κ1) is 30.3. The summed E-state index contributed by atoms with van der Waals surface area (Å²) >= 11 is 0. The van der Waals surface area contributed by atoms with Crippen LogP contribution in [-0.2, 0) is 28.1 Å². The number of H-pyrrole nitrogens is 1. The summed E-state index contributed by atoms with van der Waals surface area (Å²) in [5.74, 6) is -0.511. The number of amides is 1. The number of nitrogens with one attached hydrogen (secondary N) is 2. The quantitative estimate of drug-likeness (QED) is 0.241. The Labute approximate surface area is 251 Å². The van der Waals surface area contributed by atoms with Gasteiger partial charge in [-0.2, -0.15) is 4.98 Å². The van der Waals surface area contributed by atoms with Gasteiger partial charge < -0.3 is 23.3 Å². The van der Waals surface area contributed by atoms with Crippen LogP contribution in [0.2, 0.25) is 0 Å². The normalized spacial score (nSPS) is 29.1. The number of anilines is 1. The van der Waals surface area contributed by atoms with Gasteiger partial charge in [-0.05, 0) is 24.8 Å². The molecular formula is C29H39N6O7P. The Balaban J connectivity index is 1.31. The maximum Gasteiger partial charge on any atom is 0.280 e. The highest BCUT2D eigenvalue weighted by Crippen LogP contribution is 2.62. The van der Waals surface area contributed by atoms with Gasteiger partial charge in [0.05, 0.1) is 25.6 Å². The standard InChI is InChI=1S/C29H39N6O7P/c1-5-20-23(42-43-35-13-9-12-19(35)22(41-43)18-10-7-6-8-11-18)24(39-15-14-38-4)28(40-20)34-16-30-21-25(34)31-29(33-27(21)37)32-26(36)17(2)3/h6-8,10-11,16-17,19-20,22-24,28H,5,9,12-15H2,1-4H3,(H2,31,32,33,36,37)/t19-,20-,22+,23?,24+,28-,43?/m1/s1. The third kappa shape index (κ3) is 6.00. The van der Waals surface area contributed by atoms with E-state index in [0.29, 0.717) is 19.6 Å². The van der Waals surface area contributed by atoms with Crippen LogP contribution in [0.5, 0.6) is 0 Å². The van der Waals surface area contributed by atoms with E-state index >= 15 is 0 Å². The molecule has 14 heteroatoms. The van der Waals surface area contributed by atoms with E-state index in [2.05, 4.69) is 37.1 Å². The Morgan fingerprint density at radius 3 is 2.79 bits per heavy atom. The van der Waals surface area contributed by atoms with Gasteiger partial charge in [-0.25, -0.2) is 9.65 Å². The maximum atomic E-state index is 12.9. The van der Waals surface area contributed by atoms with Gasteiger partial charge in [0, 0.05) is 25.6 Å². The van der Waals surface area contributed by atoms with E-state index in [-0.39, 0.29) is 47.2 Å². The van der Waals surface area contributed by atoms with Crippen molar-refractivity contribution in [3.8, 4) is 0 Å². The lowest BCUT2D eigenvalue weighted by Crippen LogP contribution is -2.37. The highest BCUT2D eigenvalue weighted by molar-refractivity contribution is 7.45. The number of fused-ring (bicyclic) bond motifs is 2. The second kappa shape index (κ2) is 13.1. The van der Waals surface area contributed by atoms with Crippen LogP contribution in [0.15, 0.2) is 41.5 Å². The van der Waals surface area contributed by atoms with Crippen molar-refractivity contribution in [3.05, 3.63) is 52.6 Å². The van der Waals surface area contributed by atoms with E-state index in [0.717, 1.165) is 24.9 Å². The number of nitrogens with zero attached hydrogens (tertiary/aromatic N) is 4. The van der Waals surface area contributed by atoms with Crippen molar-refractivity contribution in [2.75, 3.05) is 32.2 Å². The first-order valence-corrected chi connectivity index (χ1v) is 16.0. The van der Waals surface area contributed by atoms with Crippen molar-refractivity contribution >= 4 is 31.5 Å². The van der Waals surface area contributed by atoms with Crippen LogP contribution in [0.3, 0.4) is 0 Å². The fourth-order valence-corrected chi connectivity index (χ4v) is 7.89. The number of rotatable bonds is 11. The van der Waals surface area contributed by atoms with Gasteiger partial charge in [0.1, 0.15) is 18.3 Å². The molecule has 0 aliphatic carbocycles. The van der Waals surface area contributed by atoms with Gasteiger partial charge in [0.15, 0.2) is 17.4 Å². The molecule has 7 atom stereocenters. The SMILES string of the molecule is CC[C@H]1O[C@@H](n2cnc3c(=O)[nH]c(NC(=O)C(C)C)nc32)[C@@H](OCCOC)C1OP1O[C@@H](c2ccccc2)[C@H]2CCCN21. The Hall–Kier alpha value is -2.77. The van der Waals surface area contributed by atoms with E-state index in [1.54, 1.807) is 25.5 Å². The van der Waals surface area contributed by atoms with E-state index in [9.17, 15) is 9.59 Å². The number of imidazole rings is 1. The minimum atomic E-state index is -1.38. The monoisotopic (exact) mass is 614 g/mol. The molecule has 3 aliphatic rings. The molecule has 13 nitrogen and oxygen atoms in total. The molecule has 0 bridgehead atoms. The molecule has 1 aromatic carbocycles. The number of carbonyl (C=O) groups excluding carboxylic acids is 1. The van der Waals surface area contributed by atoms with Gasteiger partial charge in [-0.3, -0.25) is 24.5 Å². The van der Waals surface area contributed by atoms with E-state index in [1.807, 2.05) is 25.1 Å². The predicted octanol–water partition coefficient (Wildman–Crippen LogP) is 3.90. The van der Waals surface area contributed by atoms with Crippen LogP contribution in [0.25, 0.3) is 11.2 Å². The molecule has 2 N–H and O–H groups in total. The molecule has 5 heterocycles. The predicted molar refractivity (Wildman–Crippen MR) is 159 cm³/mol. The fourth-order valence-electron chi connectivity index (χ4n) is 5.90. The van der Waals surface area contributed by atoms with Crippen LogP contribution >= 0.6 is 8.53 Å². The van der Waals surface area contributed by atoms with Crippen LogP contribution in [-0.4, -0.2) is 81.3 Å². The zero-order valence-electron chi connectivity index (χ0n) is 24.8. The lowest BCUT2D eigenvalue weighted by atomic mass is 10.0. The molecule has 43 heavy (non-hydrogen) atoms. The topological polar surface area (TPSA) is 142 Å². The number of carbonyl (C=O) groups is 1. The van der Waals surface area contributed by atoms with Crippen LogP contribution in [0.4, 0.5) is 5.95 Å². The third-order valence-electron chi connectivity index (χ3n) is 8.13. The fraction of sp³-hybridized carbons (Fsp3) is 0.586. The summed E-state index contributed by atoms with van der Waals surface area (Å²) < 4.78 is 35.8. The largest absolute Gasteiger partial charge is 0.382 e.